The Bertz CT molecular complexity index is 888. The number of anilines is 1. The molecule has 0 atom stereocenters. The molecule has 3 rings (SSSR count). The van der Waals surface area contributed by atoms with Crippen LogP contribution in [0.2, 0.25) is 0 Å². The van der Waals surface area contributed by atoms with Crippen LogP contribution in [0.1, 0.15) is 27.9 Å². The second kappa shape index (κ2) is 6.37. The molecule has 1 heterocycles. The number of halogens is 1. The summed E-state index contributed by atoms with van der Waals surface area (Å²) >= 11 is 0. The highest BCUT2D eigenvalue weighted by Crippen LogP contribution is 2.11. The van der Waals surface area contributed by atoms with Gasteiger partial charge in [0.2, 0.25) is 0 Å². The summed E-state index contributed by atoms with van der Waals surface area (Å²) in [5.74, 6) is -1.11. The van der Waals surface area contributed by atoms with E-state index in [1.807, 2.05) is 0 Å². The zero-order valence-electron chi connectivity index (χ0n) is 12.6. The van der Waals surface area contributed by atoms with Crippen molar-refractivity contribution in [2.24, 2.45) is 0 Å². The minimum absolute atomic E-state index is 0.0585. The van der Waals surface area contributed by atoms with Gasteiger partial charge in [-0.05, 0) is 60.7 Å². The first-order chi connectivity index (χ1) is 11.5. The van der Waals surface area contributed by atoms with Crippen LogP contribution in [0, 0.1) is 5.82 Å². The van der Waals surface area contributed by atoms with Crippen molar-refractivity contribution < 1.29 is 14.0 Å². The van der Waals surface area contributed by atoms with Gasteiger partial charge in [0.15, 0.2) is 5.78 Å². The van der Waals surface area contributed by atoms with Crippen LogP contribution in [-0.2, 0) is 0 Å². The average Bonchev–Trinajstić information content (AvgIpc) is 3.06. The Kier molecular flexibility index (Phi) is 4.11. The molecule has 1 aromatic heterocycles. The number of Topliss-reactive ketones (excluding diaryl/α,β-unsaturated/α-hetero) is 1. The third-order valence-electron chi connectivity index (χ3n) is 3.22. The summed E-state index contributed by atoms with van der Waals surface area (Å²) in [7, 11) is 0. The number of ketones is 1. The van der Waals surface area contributed by atoms with Gasteiger partial charge in [-0.3, -0.25) is 9.59 Å². The molecule has 3 aromatic rings. The highest BCUT2D eigenvalue weighted by atomic mass is 19.1. The van der Waals surface area contributed by atoms with Crippen molar-refractivity contribution in [2.45, 2.75) is 6.92 Å². The van der Waals surface area contributed by atoms with E-state index in [-0.39, 0.29) is 17.4 Å². The molecule has 0 spiro atoms. The third kappa shape index (κ3) is 3.32. The van der Waals surface area contributed by atoms with Crippen molar-refractivity contribution in [1.82, 2.24) is 20.2 Å². The molecule has 2 aromatic carbocycles. The number of amides is 1. The number of benzene rings is 2. The fraction of sp³-hybridized carbons (Fsp3) is 0.0625. The van der Waals surface area contributed by atoms with Crippen LogP contribution >= 0.6 is 0 Å². The molecular weight excluding hydrogens is 313 g/mol. The Morgan fingerprint density at radius 1 is 1.04 bits per heavy atom. The molecule has 1 amide bonds. The molecule has 0 saturated carbocycles. The van der Waals surface area contributed by atoms with Gasteiger partial charge in [0.1, 0.15) is 5.82 Å². The quantitative estimate of drug-likeness (QED) is 0.743. The second-order valence-electron chi connectivity index (χ2n) is 4.97. The number of rotatable bonds is 4. The zero-order chi connectivity index (χ0) is 17.1. The lowest BCUT2D eigenvalue weighted by Crippen LogP contribution is -2.14. The number of nitrogens with one attached hydrogen (secondary N) is 1. The average molecular weight is 325 g/mol. The molecule has 8 heteroatoms. The summed E-state index contributed by atoms with van der Waals surface area (Å²) in [6.07, 6.45) is 0. The summed E-state index contributed by atoms with van der Waals surface area (Å²) in [5, 5.41) is 14.0. The minimum atomic E-state index is -0.543. The van der Waals surface area contributed by atoms with Gasteiger partial charge in [-0.25, -0.2) is 4.39 Å². The topological polar surface area (TPSA) is 89.8 Å². The van der Waals surface area contributed by atoms with Crippen molar-refractivity contribution in [3.63, 3.8) is 0 Å². The van der Waals surface area contributed by atoms with E-state index in [0.29, 0.717) is 16.9 Å². The SMILES string of the molecule is CC(=O)c1ccc(NC(=O)c2nnn(-c3ccc(F)cc3)n2)cc1. The Labute approximate surface area is 136 Å². The van der Waals surface area contributed by atoms with Gasteiger partial charge in [0.25, 0.3) is 11.7 Å². The summed E-state index contributed by atoms with van der Waals surface area (Å²) in [6, 6.07) is 11.9. The number of carbonyl (C=O) groups is 2. The van der Waals surface area contributed by atoms with Crippen molar-refractivity contribution >= 4 is 17.4 Å². The lowest BCUT2D eigenvalue weighted by molar-refractivity contribution is 0.101. The van der Waals surface area contributed by atoms with E-state index in [9.17, 15) is 14.0 Å². The maximum Gasteiger partial charge on any atom is 0.297 e. The number of aromatic nitrogens is 4. The molecule has 0 unspecified atom stereocenters. The first kappa shape index (κ1) is 15.5. The van der Waals surface area contributed by atoms with Crippen LogP contribution in [0.3, 0.4) is 0 Å². The second-order valence-corrected chi connectivity index (χ2v) is 4.97. The van der Waals surface area contributed by atoms with Crippen molar-refractivity contribution in [2.75, 3.05) is 5.32 Å². The molecule has 0 radical (unpaired) electrons. The van der Waals surface area contributed by atoms with Crippen LogP contribution in [-0.4, -0.2) is 31.9 Å². The van der Waals surface area contributed by atoms with E-state index in [1.165, 1.54) is 31.2 Å². The maximum atomic E-state index is 12.9. The number of hydrogen-bond acceptors (Lipinski definition) is 5. The van der Waals surface area contributed by atoms with Gasteiger partial charge < -0.3 is 5.32 Å². The normalized spacial score (nSPS) is 10.4. The Morgan fingerprint density at radius 3 is 2.33 bits per heavy atom. The van der Waals surface area contributed by atoms with Crippen LogP contribution in [0.15, 0.2) is 48.5 Å². The lowest BCUT2D eigenvalue weighted by atomic mass is 10.1. The van der Waals surface area contributed by atoms with Crippen molar-refractivity contribution in [3.8, 4) is 5.69 Å². The molecular formula is C16H12FN5O2. The fourth-order valence-electron chi connectivity index (χ4n) is 1.96. The third-order valence-corrected chi connectivity index (χ3v) is 3.22. The Hall–Kier alpha value is -3.42. The Balaban J connectivity index is 1.73. The Morgan fingerprint density at radius 2 is 1.71 bits per heavy atom. The van der Waals surface area contributed by atoms with Gasteiger partial charge in [0, 0.05) is 11.3 Å². The lowest BCUT2D eigenvalue weighted by Gasteiger charge is -2.03. The number of carbonyl (C=O) groups excluding carboxylic acids is 2. The predicted octanol–water partition coefficient (Wildman–Crippen LogP) is 2.26. The largest absolute Gasteiger partial charge is 0.319 e. The van der Waals surface area contributed by atoms with Crippen LogP contribution < -0.4 is 5.32 Å². The van der Waals surface area contributed by atoms with E-state index in [4.69, 9.17) is 0 Å². The molecule has 7 nitrogen and oxygen atoms in total. The van der Waals surface area contributed by atoms with Gasteiger partial charge in [-0.1, -0.05) is 0 Å². The summed E-state index contributed by atoms with van der Waals surface area (Å²) < 4.78 is 12.9. The minimum Gasteiger partial charge on any atom is -0.319 e. The fourth-order valence-corrected chi connectivity index (χ4v) is 1.96. The maximum absolute atomic E-state index is 12.9. The highest BCUT2D eigenvalue weighted by Gasteiger charge is 2.14. The van der Waals surface area contributed by atoms with Gasteiger partial charge in [-0.15, -0.1) is 15.0 Å². The molecule has 120 valence electrons. The zero-order valence-corrected chi connectivity index (χ0v) is 12.6. The standard InChI is InChI=1S/C16H12FN5O2/c1-10(23)11-2-6-13(7-3-11)18-16(24)15-19-21-22(20-15)14-8-4-12(17)5-9-14/h2-9H,1H3,(H,18,24). The van der Waals surface area contributed by atoms with E-state index >= 15 is 0 Å². The van der Waals surface area contributed by atoms with E-state index in [0.717, 1.165) is 4.80 Å². The number of hydrogen-bond donors (Lipinski definition) is 1. The highest BCUT2D eigenvalue weighted by molar-refractivity contribution is 6.01. The summed E-state index contributed by atoms with van der Waals surface area (Å²) in [6.45, 7) is 1.46. The number of tetrazole rings is 1. The molecule has 0 bridgehead atoms. The number of nitrogens with zero attached hydrogens (tertiary/aromatic N) is 4. The van der Waals surface area contributed by atoms with Crippen LogP contribution in [0.4, 0.5) is 10.1 Å². The first-order valence-corrected chi connectivity index (χ1v) is 7.01. The smallest absolute Gasteiger partial charge is 0.297 e. The van der Waals surface area contributed by atoms with Crippen LogP contribution in [0.5, 0.6) is 0 Å². The molecule has 0 aliphatic carbocycles. The predicted molar refractivity (Wildman–Crippen MR) is 83.5 cm³/mol. The summed E-state index contributed by atoms with van der Waals surface area (Å²) in [4.78, 5) is 24.5. The van der Waals surface area contributed by atoms with E-state index in [1.54, 1.807) is 24.3 Å². The molecule has 0 fully saturated rings. The van der Waals surface area contributed by atoms with Crippen molar-refractivity contribution in [1.29, 1.82) is 0 Å². The molecule has 1 N–H and O–H groups in total. The first-order valence-electron chi connectivity index (χ1n) is 7.01. The molecule has 24 heavy (non-hydrogen) atoms. The summed E-state index contributed by atoms with van der Waals surface area (Å²) in [5.41, 5.74) is 1.53. The van der Waals surface area contributed by atoms with E-state index < -0.39 is 5.91 Å². The molecule has 0 aliphatic heterocycles. The van der Waals surface area contributed by atoms with Gasteiger partial charge in [-0.2, -0.15) is 0 Å². The van der Waals surface area contributed by atoms with Crippen LogP contribution in [0.25, 0.3) is 5.69 Å². The van der Waals surface area contributed by atoms with Crippen molar-refractivity contribution in [3.05, 3.63) is 65.7 Å². The van der Waals surface area contributed by atoms with Gasteiger partial charge >= 0.3 is 0 Å². The molecule has 0 saturated heterocycles. The molecule has 0 aliphatic rings. The van der Waals surface area contributed by atoms with E-state index in [2.05, 4.69) is 20.7 Å². The van der Waals surface area contributed by atoms with Gasteiger partial charge in [0.05, 0.1) is 5.69 Å². The monoisotopic (exact) mass is 325 g/mol.